The van der Waals surface area contributed by atoms with Crippen molar-refractivity contribution in [3.63, 3.8) is 0 Å². The highest BCUT2D eigenvalue weighted by molar-refractivity contribution is 5.79. The second-order valence-corrected chi connectivity index (χ2v) is 5.80. The molecular formula is C19H22N2O. The summed E-state index contributed by atoms with van der Waals surface area (Å²) in [5, 5.41) is 6.67. The SMILES string of the molecule is COc1cccc(C2(c3ccccc3)C=NN(C)CCC2)c1. The van der Waals surface area contributed by atoms with E-state index in [-0.39, 0.29) is 5.41 Å². The first kappa shape index (κ1) is 14.6. The van der Waals surface area contributed by atoms with E-state index in [0.29, 0.717) is 0 Å². The van der Waals surface area contributed by atoms with Gasteiger partial charge in [-0.1, -0.05) is 42.5 Å². The first-order chi connectivity index (χ1) is 10.7. The van der Waals surface area contributed by atoms with Gasteiger partial charge in [-0.05, 0) is 36.1 Å². The average molecular weight is 294 g/mol. The number of benzene rings is 2. The zero-order valence-electron chi connectivity index (χ0n) is 13.2. The van der Waals surface area contributed by atoms with Crippen LogP contribution in [0.15, 0.2) is 59.7 Å². The highest BCUT2D eigenvalue weighted by Gasteiger charge is 2.34. The summed E-state index contributed by atoms with van der Waals surface area (Å²) in [7, 11) is 3.74. The quantitative estimate of drug-likeness (QED) is 0.862. The molecule has 1 aliphatic heterocycles. The Morgan fingerprint density at radius 3 is 2.59 bits per heavy atom. The van der Waals surface area contributed by atoms with Crippen LogP contribution in [0, 0.1) is 0 Å². The molecule has 0 bridgehead atoms. The molecule has 0 spiro atoms. The van der Waals surface area contributed by atoms with Crippen LogP contribution in [-0.2, 0) is 5.41 Å². The molecule has 1 aliphatic rings. The Morgan fingerprint density at radius 2 is 1.82 bits per heavy atom. The molecule has 22 heavy (non-hydrogen) atoms. The highest BCUT2D eigenvalue weighted by Crippen LogP contribution is 2.37. The van der Waals surface area contributed by atoms with E-state index < -0.39 is 0 Å². The number of ether oxygens (including phenoxy) is 1. The largest absolute Gasteiger partial charge is 0.497 e. The number of hydrogen-bond acceptors (Lipinski definition) is 3. The normalized spacial score (nSPS) is 21.5. The molecule has 2 aromatic rings. The van der Waals surface area contributed by atoms with Crippen molar-refractivity contribution in [2.24, 2.45) is 5.10 Å². The van der Waals surface area contributed by atoms with Crippen LogP contribution >= 0.6 is 0 Å². The van der Waals surface area contributed by atoms with Gasteiger partial charge in [-0.15, -0.1) is 0 Å². The summed E-state index contributed by atoms with van der Waals surface area (Å²) in [6.45, 7) is 0.981. The number of nitrogens with zero attached hydrogens (tertiary/aromatic N) is 2. The van der Waals surface area contributed by atoms with Gasteiger partial charge in [0.1, 0.15) is 5.75 Å². The van der Waals surface area contributed by atoms with Crippen molar-refractivity contribution in [3.05, 3.63) is 65.7 Å². The molecule has 3 nitrogen and oxygen atoms in total. The fourth-order valence-corrected chi connectivity index (χ4v) is 3.15. The number of rotatable bonds is 3. The lowest BCUT2D eigenvalue weighted by atomic mass is 9.72. The monoisotopic (exact) mass is 294 g/mol. The van der Waals surface area contributed by atoms with Crippen LogP contribution in [0.4, 0.5) is 0 Å². The standard InChI is InChI=1S/C19H22N2O/c1-21-13-7-12-19(15-20-21,16-8-4-3-5-9-16)17-10-6-11-18(14-17)22-2/h3-6,8-11,14-15H,7,12-13H2,1-2H3. The molecule has 0 fully saturated rings. The Balaban J connectivity index is 2.16. The molecule has 0 radical (unpaired) electrons. The van der Waals surface area contributed by atoms with E-state index in [9.17, 15) is 0 Å². The second kappa shape index (κ2) is 6.22. The minimum absolute atomic E-state index is 0.194. The van der Waals surface area contributed by atoms with Gasteiger partial charge in [-0.2, -0.15) is 5.10 Å². The van der Waals surface area contributed by atoms with Gasteiger partial charge in [0.05, 0.1) is 12.5 Å². The van der Waals surface area contributed by atoms with Crippen molar-refractivity contribution in [2.45, 2.75) is 18.3 Å². The van der Waals surface area contributed by atoms with Crippen LogP contribution in [0.25, 0.3) is 0 Å². The van der Waals surface area contributed by atoms with Gasteiger partial charge < -0.3 is 9.75 Å². The Morgan fingerprint density at radius 1 is 1.05 bits per heavy atom. The molecule has 0 saturated carbocycles. The Hall–Kier alpha value is -2.29. The second-order valence-electron chi connectivity index (χ2n) is 5.80. The Kier molecular flexibility index (Phi) is 4.14. The molecule has 2 aromatic carbocycles. The minimum Gasteiger partial charge on any atom is -0.497 e. The van der Waals surface area contributed by atoms with E-state index in [1.165, 1.54) is 11.1 Å². The summed E-state index contributed by atoms with van der Waals surface area (Å²) < 4.78 is 5.42. The average Bonchev–Trinajstić information content (AvgIpc) is 2.78. The van der Waals surface area contributed by atoms with Crippen molar-refractivity contribution in [3.8, 4) is 5.75 Å². The summed E-state index contributed by atoms with van der Waals surface area (Å²) >= 11 is 0. The zero-order valence-corrected chi connectivity index (χ0v) is 13.2. The molecule has 3 rings (SSSR count). The van der Waals surface area contributed by atoms with Gasteiger partial charge in [0.2, 0.25) is 0 Å². The summed E-state index contributed by atoms with van der Waals surface area (Å²) in [5.41, 5.74) is 2.32. The van der Waals surface area contributed by atoms with Crippen LogP contribution in [0.1, 0.15) is 24.0 Å². The lowest BCUT2D eigenvalue weighted by molar-refractivity contribution is 0.353. The van der Waals surface area contributed by atoms with Gasteiger partial charge in [0.15, 0.2) is 0 Å². The van der Waals surface area contributed by atoms with E-state index in [4.69, 9.17) is 4.74 Å². The van der Waals surface area contributed by atoms with Crippen molar-refractivity contribution in [1.29, 1.82) is 0 Å². The van der Waals surface area contributed by atoms with E-state index in [2.05, 4.69) is 59.8 Å². The van der Waals surface area contributed by atoms with E-state index in [1.54, 1.807) is 7.11 Å². The van der Waals surface area contributed by atoms with Gasteiger partial charge in [0.25, 0.3) is 0 Å². The fraction of sp³-hybridized carbons (Fsp3) is 0.316. The van der Waals surface area contributed by atoms with Gasteiger partial charge in [-0.3, -0.25) is 0 Å². The number of hydrogen-bond donors (Lipinski definition) is 0. The molecule has 1 unspecified atom stereocenters. The van der Waals surface area contributed by atoms with Crippen LogP contribution in [0.5, 0.6) is 5.75 Å². The maximum Gasteiger partial charge on any atom is 0.119 e. The van der Waals surface area contributed by atoms with Crippen LogP contribution in [0.2, 0.25) is 0 Å². The van der Waals surface area contributed by atoms with E-state index in [1.807, 2.05) is 18.1 Å². The molecule has 1 heterocycles. The minimum atomic E-state index is -0.194. The van der Waals surface area contributed by atoms with Crippen molar-refractivity contribution < 1.29 is 4.74 Å². The first-order valence-electron chi connectivity index (χ1n) is 7.71. The maximum atomic E-state index is 5.42. The molecule has 0 saturated heterocycles. The highest BCUT2D eigenvalue weighted by atomic mass is 16.5. The molecule has 3 heteroatoms. The van der Waals surface area contributed by atoms with Crippen LogP contribution in [-0.4, -0.2) is 31.9 Å². The van der Waals surface area contributed by atoms with Crippen molar-refractivity contribution >= 4 is 6.21 Å². The maximum absolute atomic E-state index is 5.42. The third-order valence-corrected chi connectivity index (χ3v) is 4.40. The lowest BCUT2D eigenvalue weighted by Gasteiger charge is -2.30. The van der Waals surface area contributed by atoms with Crippen molar-refractivity contribution in [2.75, 3.05) is 20.7 Å². The van der Waals surface area contributed by atoms with Gasteiger partial charge in [0, 0.05) is 19.8 Å². The number of methoxy groups -OCH3 is 1. The zero-order chi connectivity index (χ0) is 15.4. The molecular weight excluding hydrogens is 272 g/mol. The summed E-state index contributed by atoms with van der Waals surface area (Å²) in [6, 6.07) is 19.0. The molecule has 0 aliphatic carbocycles. The Labute approximate surface area is 132 Å². The molecule has 0 amide bonds. The third-order valence-electron chi connectivity index (χ3n) is 4.40. The Bertz CT molecular complexity index is 653. The smallest absolute Gasteiger partial charge is 0.119 e. The number of hydrazone groups is 1. The van der Waals surface area contributed by atoms with Crippen LogP contribution in [0.3, 0.4) is 0 Å². The molecule has 0 N–H and O–H groups in total. The van der Waals surface area contributed by atoms with Crippen LogP contribution < -0.4 is 4.74 Å². The first-order valence-corrected chi connectivity index (χ1v) is 7.71. The third kappa shape index (κ3) is 2.71. The van der Waals surface area contributed by atoms with Crippen molar-refractivity contribution in [1.82, 2.24) is 5.01 Å². The lowest BCUT2D eigenvalue weighted by Crippen LogP contribution is -2.29. The van der Waals surface area contributed by atoms with E-state index >= 15 is 0 Å². The van der Waals surface area contributed by atoms with E-state index in [0.717, 1.165) is 25.1 Å². The van der Waals surface area contributed by atoms with Gasteiger partial charge in [-0.25, -0.2) is 0 Å². The summed E-state index contributed by atoms with van der Waals surface area (Å²) in [4.78, 5) is 0. The topological polar surface area (TPSA) is 24.8 Å². The predicted molar refractivity (Wildman–Crippen MR) is 90.6 cm³/mol. The summed E-state index contributed by atoms with van der Waals surface area (Å²) in [6.07, 6.45) is 4.24. The van der Waals surface area contributed by atoms with Gasteiger partial charge >= 0.3 is 0 Å². The summed E-state index contributed by atoms with van der Waals surface area (Å²) in [5.74, 6) is 0.888. The molecule has 1 atom stereocenters. The molecule has 114 valence electrons. The molecule has 0 aromatic heterocycles. The fourth-order valence-electron chi connectivity index (χ4n) is 3.15. The predicted octanol–water partition coefficient (Wildman–Crippen LogP) is 3.69.